The van der Waals surface area contributed by atoms with E-state index in [4.69, 9.17) is 0 Å². The van der Waals surface area contributed by atoms with E-state index in [2.05, 4.69) is 0 Å². The van der Waals surface area contributed by atoms with Crippen LogP contribution in [0.5, 0.6) is 0 Å². The van der Waals surface area contributed by atoms with Gasteiger partial charge in [-0.25, -0.2) is 0 Å². The van der Waals surface area contributed by atoms with Crippen molar-refractivity contribution in [2.24, 2.45) is 0 Å². The molecule has 92 valence electrons. The number of Topliss-reactive ketones (excluding diaryl/α,β-unsaturated/α-hetero) is 1. The fourth-order valence-electron chi connectivity index (χ4n) is 1.97. The number of halogens is 3. The smallest absolute Gasteiger partial charge is 0.370 e. The zero-order chi connectivity index (χ0) is 12.5. The van der Waals surface area contributed by atoms with Gasteiger partial charge in [0.25, 0.3) is 0 Å². The summed E-state index contributed by atoms with van der Waals surface area (Å²) in [5.74, 6) is 0.00357. The molecule has 0 amide bonds. The number of carbonyl (C=O) groups is 1. The molecule has 0 unspecified atom stereocenters. The Morgan fingerprint density at radius 2 is 1.94 bits per heavy atom. The van der Waals surface area contributed by atoms with Crippen molar-refractivity contribution in [3.63, 3.8) is 0 Å². The largest absolute Gasteiger partial charge is 0.390 e. The maximum Gasteiger partial charge on any atom is 0.390 e. The second-order valence-corrected chi connectivity index (χ2v) is 4.04. The maximum atomic E-state index is 12.2. The summed E-state index contributed by atoms with van der Waals surface area (Å²) >= 11 is 0. The number of fused-ring (bicyclic) bond motifs is 1. The Bertz CT molecular complexity index is 428. The first-order valence-corrected chi connectivity index (χ1v) is 5.41. The van der Waals surface area contributed by atoms with Crippen LogP contribution in [-0.4, -0.2) is 25.0 Å². The van der Waals surface area contributed by atoms with E-state index in [0.29, 0.717) is 17.8 Å². The summed E-state index contributed by atoms with van der Waals surface area (Å²) in [5, 5.41) is 0. The SMILES string of the molecule is O=C1CCN(CCC(F)(F)F)c2ccccc21. The molecule has 0 N–H and O–H groups in total. The van der Waals surface area contributed by atoms with Crippen molar-refractivity contribution in [2.45, 2.75) is 19.0 Å². The predicted octanol–water partition coefficient (Wildman–Crippen LogP) is 3.03. The monoisotopic (exact) mass is 243 g/mol. The number of para-hydroxylation sites is 1. The molecule has 0 radical (unpaired) electrons. The van der Waals surface area contributed by atoms with Crippen LogP contribution in [0.1, 0.15) is 23.2 Å². The van der Waals surface area contributed by atoms with E-state index in [1.54, 1.807) is 29.2 Å². The summed E-state index contributed by atoms with van der Waals surface area (Å²) in [6.07, 6.45) is -4.72. The minimum Gasteiger partial charge on any atom is -0.370 e. The molecule has 0 fully saturated rings. The molecule has 0 bridgehead atoms. The van der Waals surface area contributed by atoms with E-state index in [9.17, 15) is 18.0 Å². The number of carbonyl (C=O) groups excluding carboxylic acids is 1. The molecule has 17 heavy (non-hydrogen) atoms. The fourth-order valence-corrected chi connectivity index (χ4v) is 1.97. The van der Waals surface area contributed by atoms with Gasteiger partial charge >= 0.3 is 6.18 Å². The van der Waals surface area contributed by atoms with E-state index in [1.807, 2.05) is 0 Å². The molecule has 2 nitrogen and oxygen atoms in total. The molecule has 1 heterocycles. The Hall–Kier alpha value is -1.52. The van der Waals surface area contributed by atoms with Gasteiger partial charge in [0.1, 0.15) is 0 Å². The van der Waals surface area contributed by atoms with Gasteiger partial charge in [-0.1, -0.05) is 12.1 Å². The lowest BCUT2D eigenvalue weighted by Crippen LogP contribution is -2.34. The molecule has 0 aromatic heterocycles. The minimum absolute atomic E-state index is 0.00357. The summed E-state index contributed by atoms with van der Waals surface area (Å²) in [5.41, 5.74) is 1.15. The number of rotatable bonds is 2. The Labute approximate surface area is 97.0 Å². The first-order chi connectivity index (χ1) is 7.97. The van der Waals surface area contributed by atoms with E-state index >= 15 is 0 Å². The summed E-state index contributed by atoms with van der Waals surface area (Å²) in [4.78, 5) is 13.2. The highest BCUT2D eigenvalue weighted by atomic mass is 19.4. The van der Waals surface area contributed by atoms with Crippen LogP contribution in [0.4, 0.5) is 18.9 Å². The van der Waals surface area contributed by atoms with Crippen LogP contribution < -0.4 is 4.90 Å². The molecule has 0 atom stereocenters. The average Bonchev–Trinajstić information content (AvgIpc) is 2.27. The lowest BCUT2D eigenvalue weighted by molar-refractivity contribution is -0.132. The molecule has 0 saturated carbocycles. The molecule has 1 aromatic rings. The third-order valence-electron chi connectivity index (χ3n) is 2.82. The van der Waals surface area contributed by atoms with Gasteiger partial charge in [0.2, 0.25) is 0 Å². The van der Waals surface area contributed by atoms with Crippen molar-refractivity contribution in [3.05, 3.63) is 29.8 Å². The Morgan fingerprint density at radius 3 is 2.65 bits per heavy atom. The maximum absolute atomic E-state index is 12.2. The summed E-state index contributed by atoms with van der Waals surface area (Å²) in [6, 6.07) is 6.82. The van der Waals surface area contributed by atoms with E-state index in [1.165, 1.54) is 0 Å². The van der Waals surface area contributed by atoms with Crippen LogP contribution in [-0.2, 0) is 0 Å². The molecule has 2 rings (SSSR count). The van der Waals surface area contributed by atoms with Crippen LogP contribution in [0.2, 0.25) is 0 Å². The molecule has 0 saturated heterocycles. The van der Waals surface area contributed by atoms with Gasteiger partial charge in [0.15, 0.2) is 5.78 Å². The molecule has 5 heteroatoms. The minimum atomic E-state index is -4.16. The van der Waals surface area contributed by atoms with Gasteiger partial charge in [-0.05, 0) is 12.1 Å². The summed E-state index contributed by atoms with van der Waals surface area (Å²) in [7, 11) is 0. The Morgan fingerprint density at radius 1 is 1.24 bits per heavy atom. The van der Waals surface area contributed by atoms with Gasteiger partial charge in [-0.2, -0.15) is 13.2 Å². The Kier molecular flexibility index (Phi) is 3.09. The van der Waals surface area contributed by atoms with Crippen molar-refractivity contribution in [1.29, 1.82) is 0 Å². The van der Waals surface area contributed by atoms with Gasteiger partial charge in [-0.3, -0.25) is 4.79 Å². The predicted molar refractivity (Wildman–Crippen MR) is 58.3 cm³/mol. The highest BCUT2D eigenvalue weighted by Gasteiger charge is 2.30. The molecule has 1 aliphatic rings. The second-order valence-electron chi connectivity index (χ2n) is 4.04. The highest BCUT2D eigenvalue weighted by molar-refractivity contribution is 6.03. The van der Waals surface area contributed by atoms with Gasteiger partial charge < -0.3 is 4.90 Å². The number of hydrogen-bond donors (Lipinski definition) is 0. The van der Waals surface area contributed by atoms with E-state index in [-0.39, 0.29) is 18.7 Å². The number of ketones is 1. The molecular weight excluding hydrogens is 231 g/mol. The summed E-state index contributed by atoms with van der Waals surface area (Å²) in [6.45, 7) is 0.277. The third-order valence-corrected chi connectivity index (χ3v) is 2.82. The lowest BCUT2D eigenvalue weighted by atomic mass is 10.0. The normalized spacial score (nSPS) is 15.9. The van der Waals surface area contributed by atoms with Crippen molar-refractivity contribution < 1.29 is 18.0 Å². The van der Waals surface area contributed by atoms with E-state index in [0.717, 1.165) is 0 Å². The fraction of sp³-hybridized carbons (Fsp3) is 0.417. The molecule has 1 aliphatic heterocycles. The van der Waals surface area contributed by atoms with E-state index < -0.39 is 12.6 Å². The topological polar surface area (TPSA) is 20.3 Å². The molecular formula is C12H12F3NO. The van der Waals surface area contributed by atoms with Crippen LogP contribution in [0.3, 0.4) is 0 Å². The number of hydrogen-bond acceptors (Lipinski definition) is 2. The standard InChI is InChI=1S/C12H12F3NO/c13-12(14,15)6-8-16-7-5-11(17)9-3-1-2-4-10(9)16/h1-4H,5-8H2. The third kappa shape index (κ3) is 2.78. The van der Waals surface area contributed by atoms with Gasteiger partial charge in [-0.15, -0.1) is 0 Å². The number of benzene rings is 1. The highest BCUT2D eigenvalue weighted by Crippen LogP contribution is 2.28. The van der Waals surface area contributed by atoms with Crippen LogP contribution >= 0.6 is 0 Å². The Balaban J connectivity index is 2.16. The number of nitrogens with zero attached hydrogens (tertiary/aromatic N) is 1. The van der Waals surface area contributed by atoms with Crippen molar-refractivity contribution >= 4 is 11.5 Å². The van der Waals surface area contributed by atoms with Crippen molar-refractivity contribution in [2.75, 3.05) is 18.0 Å². The summed E-state index contributed by atoms with van der Waals surface area (Å²) < 4.78 is 36.5. The molecule has 0 spiro atoms. The number of anilines is 1. The van der Waals surface area contributed by atoms with Crippen molar-refractivity contribution in [3.8, 4) is 0 Å². The second kappa shape index (κ2) is 4.39. The molecule has 0 aliphatic carbocycles. The van der Waals surface area contributed by atoms with Crippen LogP contribution in [0.25, 0.3) is 0 Å². The van der Waals surface area contributed by atoms with Crippen LogP contribution in [0, 0.1) is 0 Å². The zero-order valence-electron chi connectivity index (χ0n) is 9.13. The van der Waals surface area contributed by atoms with Crippen LogP contribution in [0.15, 0.2) is 24.3 Å². The quantitative estimate of drug-likeness (QED) is 0.795. The average molecular weight is 243 g/mol. The van der Waals surface area contributed by atoms with Gasteiger partial charge in [0.05, 0.1) is 6.42 Å². The first-order valence-electron chi connectivity index (χ1n) is 5.41. The lowest BCUT2D eigenvalue weighted by Gasteiger charge is -2.30. The number of alkyl halides is 3. The van der Waals surface area contributed by atoms with Crippen molar-refractivity contribution in [1.82, 2.24) is 0 Å². The molecule has 1 aromatic carbocycles. The zero-order valence-corrected chi connectivity index (χ0v) is 9.13. The van der Waals surface area contributed by atoms with Gasteiger partial charge in [0, 0.05) is 30.8 Å². The first kappa shape index (κ1) is 12.0.